The number of nitrogens with zero attached hydrogens (tertiary/aromatic N) is 1. The second-order valence-electron chi connectivity index (χ2n) is 5.19. The molecule has 2 nitrogen and oxygen atoms in total. The van der Waals surface area contributed by atoms with Crippen LogP contribution in [0.5, 0.6) is 0 Å². The van der Waals surface area contributed by atoms with Gasteiger partial charge in [-0.2, -0.15) is 0 Å². The summed E-state index contributed by atoms with van der Waals surface area (Å²) in [5.74, 6) is 2.01. The summed E-state index contributed by atoms with van der Waals surface area (Å²) in [5, 5.41) is 0. The van der Waals surface area contributed by atoms with Crippen LogP contribution in [0.2, 0.25) is 0 Å². The Balaban J connectivity index is 1.80. The fourth-order valence-corrected chi connectivity index (χ4v) is 3.11. The predicted octanol–water partition coefficient (Wildman–Crippen LogP) is 1.85. The van der Waals surface area contributed by atoms with E-state index in [0.29, 0.717) is 6.04 Å². The lowest BCUT2D eigenvalue weighted by molar-refractivity contribution is 0.296. The zero-order valence-corrected chi connectivity index (χ0v) is 9.41. The van der Waals surface area contributed by atoms with Crippen molar-refractivity contribution in [3.05, 3.63) is 0 Å². The molecule has 14 heavy (non-hydrogen) atoms. The zero-order chi connectivity index (χ0) is 9.97. The van der Waals surface area contributed by atoms with E-state index < -0.39 is 0 Å². The number of hydrogen-bond donors (Lipinski definition) is 1. The summed E-state index contributed by atoms with van der Waals surface area (Å²) in [6, 6.07) is 0.398. The summed E-state index contributed by atoms with van der Waals surface area (Å²) in [7, 11) is 0. The maximum atomic E-state index is 6.00. The number of rotatable bonds is 3. The van der Waals surface area contributed by atoms with Crippen LogP contribution in [0.1, 0.15) is 39.0 Å². The van der Waals surface area contributed by atoms with E-state index in [1.165, 1.54) is 38.8 Å². The molecule has 1 saturated heterocycles. The number of likely N-dealkylation sites (tertiary alicyclic amines) is 1. The molecule has 0 radical (unpaired) electrons. The van der Waals surface area contributed by atoms with Crippen molar-refractivity contribution in [3.8, 4) is 0 Å². The van der Waals surface area contributed by atoms with Crippen molar-refractivity contribution in [1.29, 1.82) is 0 Å². The Morgan fingerprint density at radius 1 is 1.21 bits per heavy atom. The summed E-state index contributed by atoms with van der Waals surface area (Å²) in [4.78, 5) is 2.61. The van der Waals surface area contributed by atoms with E-state index in [1.54, 1.807) is 0 Å². The quantitative estimate of drug-likeness (QED) is 0.746. The lowest BCUT2D eigenvalue weighted by Crippen LogP contribution is -2.35. The molecule has 3 atom stereocenters. The van der Waals surface area contributed by atoms with Gasteiger partial charge in [-0.25, -0.2) is 0 Å². The largest absolute Gasteiger partial charge is 0.327 e. The molecule has 2 fully saturated rings. The Hall–Kier alpha value is -0.0800. The maximum Gasteiger partial charge on any atom is 0.0165 e. The molecule has 0 spiro atoms. The fourth-order valence-electron chi connectivity index (χ4n) is 3.11. The third-order valence-electron chi connectivity index (χ3n) is 4.07. The van der Waals surface area contributed by atoms with Crippen LogP contribution in [0, 0.1) is 11.8 Å². The minimum absolute atomic E-state index is 0.398. The molecule has 1 heterocycles. The third kappa shape index (κ3) is 2.29. The maximum absolute atomic E-state index is 6.00. The SMILES string of the molecule is CCC(N)CN1C[C@H]2CCCC[C@H]2C1. The molecule has 0 aromatic rings. The first-order valence-corrected chi connectivity index (χ1v) is 6.27. The summed E-state index contributed by atoms with van der Waals surface area (Å²) in [6.07, 6.45) is 7.00. The Labute approximate surface area is 87.8 Å². The van der Waals surface area contributed by atoms with Crippen molar-refractivity contribution < 1.29 is 0 Å². The summed E-state index contributed by atoms with van der Waals surface area (Å²) >= 11 is 0. The van der Waals surface area contributed by atoms with Crippen LogP contribution in [0.25, 0.3) is 0 Å². The smallest absolute Gasteiger partial charge is 0.0165 e. The lowest BCUT2D eigenvalue weighted by Gasteiger charge is -2.23. The van der Waals surface area contributed by atoms with Gasteiger partial charge in [0.05, 0.1) is 0 Å². The minimum Gasteiger partial charge on any atom is -0.327 e. The first kappa shape index (κ1) is 10.4. The molecular formula is C12H24N2. The highest BCUT2D eigenvalue weighted by Crippen LogP contribution is 2.35. The van der Waals surface area contributed by atoms with E-state index in [2.05, 4.69) is 11.8 Å². The molecule has 2 aliphatic rings. The van der Waals surface area contributed by atoms with Crippen molar-refractivity contribution in [2.45, 2.75) is 45.1 Å². The highest BCUT2D eigenvalue weighted by Gasteiger charge is 2.34. The molecule has 0 amide bonds. The minimum atomic E-state index is 0.398. The molecule has 82 valence electrons. The summed E-state index contributed by atoms with van der Waals surface area (Å²) in [5.41, 5.74) is 6.00. The Kier molecular flexibility index (Phi) is 3.45. The van der Waals surface area contributed by atoms with E-state index in [1.807, 2.05) is 0 Å². The van der Waals surface area contributed by atoms with Crippen LogP contribution in [-0.4, -0.2) is 30.6 Å². The van der Waals surface area contributed by atoms with Gasteiger partial charge in [0.1, 0.15) is 0 Å². The predicted molar refractivity (Wildman–Crippen MR) is 60.2 cm³/mol. The summed E-state index contributed by atoms with van der Waals surface area (Å²) < 4.78 is 0. The molecular weight excluding hydrogens is 172 g/mol. The van der Waals surface area contributed by atoms with Gasteiger partial charge in [-0.1, -0.05) is 19.8 Å². The van der Waals surface area contributed by atoms with Crippen molar-refractivity contribution in [3.63, 3.8) is 0 Å². The second kappa shape index (κ2) is 4.63. The average Bonchev–Trinajstić information content (AvgIpc) is 2.59. The van der Waals surface area contributed by atoms with Crippen LogP contribution < -0.4 is 5.73 Å². The number of nitrogens with two attached hydrogens (primary N) is 1. The van der Waals surface area contributed by atoms with Crippen LogP contribution in [0.3, 0.4) is 0 Å². The van der Waals surface area contributed by atoms with Gasteiger partial charge in [0, 0.05) is 25.7 Å². The van der Waals surface area contributed by atoms with E-state index in [4.69, 9.17) is 5.73 Å². The molecule has 0 aromatic heterocycles. The molecule has 2 N–H and O–H groups in total. The van der Waals surface area contributed by atoms with Crippen molar-refractivity contribution >= 4 is 0 Å². The highest BCUT2D eigenvalue weighted by atomic mass is 15.2. The van der Waals surface area contributed by atoms with Gasteiger partial charge >= 0.3 is 0 Å². The fraction of sp³-hybridized carbons (Fsp3) is 1.00. The van der Waals surface area contributed by atoms with Crippen molar-refractivity contribution in [1.82, 2.24) is 4.90 Å². The van der Waals surface area contributed by atoms with Crippen LogP contribution >= 0.6 is 0 Å². The first-order valence-electron chi connectivity index (χ1n) is 6.27. The van der Waals surface area contributed by atoms with E-state index in [0.717, 1.165) is 24.8 Å². The molecule has 1 unspecified atom stereocenters. The average molecular weight is 196 g/mol. The molecule has 0 aromatic carbocycles. The Bertz CT molecular complexity index is 167. The number of hydrogen-bond acceptors (Lipinski definition) is 2. The standard InChI is InChI=1S/C12H24N2/c1-2-12(13)9-14-7-10-5-3-4-6-11(10)8-14/h10-12H,2-9,13H2,1H3/t10-,11+,12?. The second-order valence-corrected chi connectivity index (χ2v) is 5.19. The van der Waals surface area contributed by atoms with Crippen molar-refractivity contribution in [2.75, 3.05) is 19.6 Å². The van der Waals surface area contributed by atoms with E-state index in [-0.39, 0.29) is 0 Å². The van der Waals surface area contributed by atoms with Gasteiger partial charge in [0.25, 0.3) is 0 Å². The molecule has 1 aliphatic heterocycles. The van der Waals surface area contributed by atoms with E-state index in [9.17, 15) is 0 Å². The third-order valence-corrected chi connectivity index (χ3v) is 4.07. The van der Waals surface area contributed by atoms with Gasteiger partial charge in [-0.15, -0.1) is 0 Å². The molecule has 1 aliphatic carbocycles. The van der Waals surface area contributed by atoms with Gasteiger partial charge in [-0.05, 0) is 31.1 Å². The van der Waals surface area contributed by atoms with Gasteiger partial charge in [0.15, 0.2) is 0 Å². The van der Waals surface area contributed by atoms with Gasteiger partial charge in [0.2, 0.25) is 0 Å². The summed E-state index contributed by atoms with van der Waals surface area (Å²) in [6.45, 7) is 5.98. The van der Waals surface area contributed by atoms with E-state index >= 15 is 0 Å². The molecule has 2 heteroatoms. The van der Waals surface area contributed by atoms with Crippen LogP contribution in [0.15, 0.2) is 0 Å². The molecule has 0 bridgehead atoms. The lowest BCUT2D eigenvalue weighted by atomic mass is 9.82. The topological polar surface area (TPSA) is 29.3 Å². The molecule has 1 saturated carbocycles. The monoisotopic (exact) mass is 196 g/mol. The van der Waals surface area contributed by atoms with Gasteiger partial charge < -0.3 is 10.6 Å². The first-order chi connectivity index (χ1) is 6.79. The Morgan fingerprint density at radius 2 is 1.79 bits per heavy atom. The zero-order valence-electron chi connectivity index (χ0n) is 9.41. The number of fused-ring (bicyclic) bond motifs is 1. The van der Waals surface area contributed by atoms with Crippen LogP contribution in [-0.2, 0) is 0 Å². The van der Waals surface area contributed by atoms with Gasteiger partial charge in [-0.3, -0.25) is 0 Å². The molecule has 2 rings (SSSR count). The highest BCUT2D eigenvalue weighted by molar-refractivity contribution is 4.87. The van der Waals surface area contributed by atoms with Crippen molar-refractivity contribution in [2.24, 2.45) is 17.6 Å². The van der Waals surface area contributed by atoms with Crippen LogP contribution in [0.4, 0.5) is 0 Å². The Morgan fingerprint density at radius 3 is 2.29 bits per heavy atom. The normalized spacial score (nSPS) is 35.6.